The van der Waals surface area contributed by atoms with E-state index < -0.39 is 30.1 Å². The molecule has 1 aliphatic rings. The van der Waals surface area contributed by atoms with Crippen LogP contribution < -0.4 is 0 Å². The summed E-state index contributed by atoms with van der Waals surface area (Å²) in [6, 6.07) is 8.37. The van der Waals surface area contributed by atoms with Crippen LogP contribution in [-0.4, -0.2) is 36.7 Å². The molecule has 6 nitrogen and oxygen atoms in total. The SMILES string of the molecule is CCOC(=O)C[C@H]1C[C@H](OC(=O)c2ccccc2)C(=O)O1. The average molecular weight is 292 g/mol. The molecular formula is C15H16O6. The highest BCUT2D eigenvalue weighted by atomic mass is 16.6. The maximum absolute atomic E-state index is 11.9. The Morgan fingerprint density at radius 1 is 1.29 bits per heavy atom. The second-order valence-electron chi connectivity index (χ2n) is 4.56. The van der Waals surface area contributed by atoms with Crippen LogP contribution in [0.15, 0.2) is 30.3 Å². The van der Waals surface area contributed by atoms with Crippen molar-refractivity contribution in [1.82, 2.24) is 0 Å². The van der Waals surface area contributed by atoms with E-state index in [1.807, 2.05) is 0 Å². The van der Waals surface area contributed by atoms with Gasteiger partial charge in [0, 0.05) is 6.42 Å². The Morgan fingerprint density at radius 3 is 2.67 bits per heavy atom. The predicted molar refractivity (Wildman–Crippen MR) is 71.4 cm³/mol. The fourth-order valence-corrected chi connectivity index (χ4v) is 2.02. The summed E-state index contributed by atoms with van der Waals surface area (Å²) in [6.07, 6.45) is -1.45. The molecule has 0 aromatic heterocycles. The summed E-state index contributed by atoms with van der Waals surface area (Å²) < 4.78 is 14.9. The third kappa shape index (κ3) is 4.05. The van der Waals surface area contributed by atoms with Crippen molar-refractivity contribution in [2.75, 3.05) is 6.61 Å². The lowest BCUT2D eigenvalue weighted by Gasteiger charge is -2.08. The van der Waals surface area contributed by atoms with Crippen LogP contribution >= 0.6 is 0 Å². The fraction of sp³-hybridized carbons (Fsp3) is 0.400. The van der Waals surface area contributed by atoms with Crippen molar-refractivity contribution in [3.8, 4) is 0 Å². The largest absolute Gasteiger partial charge is 0.466 e. The van der Waals surface area contributed by atoms with Crippen LogP contribution in [0.3, 0.4) is 0 Å². The molecule has 2 rings (SSSR count). The van der Waals surface area contributed by atoms with Crippen molar-refractivity contribution >= 4 is 17.9 Å². The molecule has 0 aliphatic carbocycles. The van der Waals surface area contributed by atoms with E-state index in [4.69, 9.17) is 14.2 Å². The molecule has 1 aromatic rings. The number of hydrogen-bond acceptors (Lipinski definition) is 6. The maximum atomic E-state index is 11.9. The molecule has 2 atom stereocenters. The molecule has 0 bridgehead atoms. The van der Waals surface area contributed by atoms with Gasteiger partial charge in [-0.25, -0.2) is 9.59 Å². The third-order valence-electron chi connectivity index (χ3n) is 2.98. The standard InChI is InChI=1S/C15H16O6/c1-2-19-13(16)9-11-8-12(15(18)20-11)21-14(17)10-6-4-3-5-7-10/h3-7,11-12H,2,8-9H2,1H3/t11-,12+/m1/s1. The zero-order chi connectivity index (χ0) is 15.2. The Bertz CT molecular complexity index is 524. The number of rotatable bonds is 5. The minimum absolute atomic E-state index is 0.0288. The van der Waals surface area contributed by atoms with Gasteiger partial charge < -0.3 is 14.2 Å². The normalized spacial score (nSPS) is 20.7. The first-order valence-electron chi connectivity index (χ1n) is 6.72. The molecule has 0 amide bonds. The van der Waals surface area contributed by atoms with Gasteiger partial charge in [0.2, 0.25) is 6.10 Å². The number of ether oxygens (including phenoxy) is 3. The van der Waals surface area contributed by atoms with E-state index in [1.54, 1.807) is 37.3 Å². The van der Waals surface area contributed by atoms with Gasteiger partial charge in [0.15, 0.2) is 0 Å². The summed E-state index contributed by atoms with van der Waals surface area (Å²) in [5, 5.41) is 0. The second-order valence-corrected chi connectivity index (χ2v) is 4.56. The van der Waals surface area contributed by atoms with Crippen LogP contribution in [0.4, 0.5) is 0 Å². The van der Waals surface area contributed by atoms with Gasteiger partial charge in [-0.05, 0) is 19.1 Å². The monoisotopic (exact) mass is 292 g/mol. The molecule has 1 heterocycles. The summed E-state index contributed by atoms with van der Waals surface area (Å²) in [7, 11) is 0. The zero-order valence-electron chi connectivity index (χ0n) is 11.6. The van der Waals surface area contributed by atoms with Crippen molar-refractivity contribution in [3.63, 3.8) is 0 Å². The smallest absolute Gasteiger partial charge is 0.347 e. The van der Waals surface area contributed by atoms with Crippen LogP contribution in [0.5, 0.6) is 0 Å². The molecule has 1 aromatic carbocycles. The lowest BCUT2D eigenvalue weighted by atomic mass is 10.1. The molecule has 1 saturated heterocycles. The highest BCUT2D eigenvalue weighted by molar-refractivity contribution is 5.91. The van der Waals surface area contributed by atoms with Crippen molar-refractivity contribution < 1.29 is 28.6 Å². The number of cyclic esters (lactones) is 1. The van der Waals surface area contributed by atoms with Crippen molar-refractivity contribution in [2.24, 2.45) is 0 Å². The van der Waals surface area contributed by atoms with Gasteiger partial charge >= 0.3 is 17.9 Å². The Morgan fingerprint density at radius 2 is 2.00 bits per heavy atom. The van der Waals surface area contributed by atoms with Crippen LogP contribution in [-0.2, 0) is 23.8 Å². The number of carbonyl (C=O) groups excluding carboxylic acids is 3. The molecule has 0 radical (unpaired) electrons. The van der Waals surface area contributed by atoms with Crippen molar-refractivity contribution in [1.29, 1.82) is 0 Å². The van der Waals surface area contributed by atoms with Crippen molar-refractivity contribution in [3.05, 3.63) is 35.9 Å². The summed E-state index contributed by atoms with van der Waals surface area (Å²) in [5.74, 6) is -1.66. The average Bonchev–Trinajstić information content (AvgIpc) is 2.79. The summed E-state index contributed by atoms with van der Waals surface area (Å²) in [5.41, 5.74) is 0.360. The Hall–Kier alpha value is -2.37. The van der Waals surface area contributed by atoms with Gasteiger partial charge in [-0.2, -0.15) is 0 Å². The molecule has 0 spiro atoms. The van der Waals surface area contributed by atoms with E-state index in [9.17, 15) is 14.4 Å². The second kappa shape index (κ2) is 6.88. The van der Waals surface area contributed by atoms with Crippen LogP contribution in [0, 0.1) is 0 Å². The number of esters is 3. The van der Waals surface area contributed by atoms with E-state index >= 15 is 0 Å². The summed E-state index contributed by atoms with van der Waals surface area (Å²) in [6.45, 7) is 1.97. The molecule has 112 valence electrons. The molecular weight excluding hydrogens is 276 g/mol. The Labute approximate surface area is 122 Å². The highest BCUT2D eigenvalue weighted by Gasteiger charge is 2.38. The van der Waals surface area contributed by atoms with Crippen LogP contribution in [0.25, 0.3) is 0 Å². The first-order chi connectivity index (χ1) is 10.1. The van der Waals surface area contributed by atoms with Gasteiger partial charge in [0.25, 0.3) is 0 Å². The minimum atomic E-state index is -0.975. The number of benzene rings is 1. The molecule has 0 unspecified atom stereocenters. The van der Waals surface area contributed by atoms with Gasteiger partial charge in [0.05, 0.1) is 18.6 Å². The first kappa shape index (κ1) is 15.0. The first-order valence-corrected chi connectivity index (χ1v) is 6.72. The summed E-state index contributed by atoms with van der Waals surface area (Å²) in [4.78, 5) is 34.8. The Kier molecular flexibility index (Phi) is 4.92. The molecule has 0 saturated carbocycles. The van der Waals surface area contributed by atoms with E-state index in [0.29, 0.717) is 5.56 Å². The van der Waals surface area contributed by atoms with Gasteiger partial charge in [-0.3, -0.25) is 4.79 Å². The van der Waals surface area contributed by atoms with E-state index in [2.05, 4.69) is 0 Å². The van der Waals surface area contributed by atoms with Crippen LogP contribution in [0.1, 0.15) is 30.1 Å². The lowest BCUT2D eigenvalue weighted by molar-refractivity contribution is -0.151. The zero-order valence-corrected chi connectivity index (χ0v) is 11.6. The molecule has 0 N–H and O–H groups in total. The lowest BCUT2D eigenvalue weighted by Crippen LogP contribution is -2.22. The molecule has 6 heteroatoms. The predicted octanol–water partition coefficient (Wildman–Crippen LogP) is 1.48. The topological polar surface area (TPSA) is 78.9 Å². The minimum Gasteiger partial charge on any atom is -0.466 e. The number of carbonyl (C=O) groups is 3. The fourth-order valence-electron chi connectivity index (χ4n) is 2.02. The Balaban J connectivity index is 1.89. The van der Waals surface area contributed by atoms with Gasteiger partial charge in [0.1, 0.15) is 6.10 Å². The van der Waals surface area contributed by atoms with Gasteiger partial charge in [-0.15, -0.1) is 0 Å². The number of hydrogen-bond donors (Lipinski definition) is 0. The van der Waals surface area contributed by atoms with Gasteiger partial charge in [-0.1, -0.05) is 18.2 Å². The molecule has 1 aliphatic heterocycles. The van der Waals surface area contributed by atoms with E-state index in [0.717, 1.165) is 0 Å². The van der Waals surface area contributed by atoms with Crippen molar-refractivity contribution in [2.45, 2.75) is 32.0 Å². The van der Waals surface area contributed by atoms with Crippen LogP contribution in [0.2, 0.25) is 0 Å². The molecule has 1 fully saturated rings. The summed E-state index contributed by atoms with van der Waals surface area (Å²) >= 11 is 0. The third-order valence-corrected chi connectivity index (χ3v) is 2.98. The van der Waals surface area contributed by atoms with E-state index in [1.165, 1.54) is 0 Å². The quantitative estimate of drug-likeness (QED) is 0.604. The van der Waals surface area contributed by atoms with E-state index in [-0.39, 0.29) is 19.4 Å². The molecule has 21 heavy (non-hydrogen) atoms. The highest BCUT2D eigenvalue weighted by Crippen LogP contribution is 2.22. The maximum Gasteiger partial charge on any atom is 0.347 e.